The molecule has 0 bridgehead atoms. The van der Waals surface area contributed by atoms with Crippen molar-refractivity contribution < 1.29 is 9.50 Å². The molecule has 1 aromatic heterocycles. The van der Waals surface area contributed by atoms with E-state index in [0.29, 0.717) is 12.1 Å². The minimum atomic E-state index is -0.363. The highest BCUT2D eigenvalue weighted by atomic mass is 19.1. The van der Waals surface area contributed by atoms with Gasteiger partial charge in [0.25, 0.3) is 0 Å². The van der Waals surface area contributed by atoms with Gasteiger partial charge in [-0.2, -0.15) is 0 Å². The molecule has 0 aliphatic heterocycles. The lowest BCUT2D eigenvalue weighted by Gasteiger charge is -2.20. The lowest BCUT2D eigenvalue weighted by Crippen LogP contribution is -2.20. The Morgan fingerprint density at radius 2 is 1.93 bits per heavy atom. The quantitative estimate of drug-likeness (QED) is 0.590. The third-order valence-corrected chi connectivity index (χ3v) is 4.95. The molecule has 0 aliphatic carbocycles. The summed E-state index contributed by atoms with van der Waals surface area (Å²) in [7, 11) is 0. The molecule has 150 valence electrons. The lowest BCUT2D eigenvalue weighted by atomic mass is 9.92. The topological polar surface area (TPSA) is 84.4 Å². The van der Waals surface area contributed by atoms with Crippen LogP contribution in [-0.4, -0.2) is 21.3 Å². The number of benzene rings is 2. The number of aliphatic hydroxyl groups is 1. The van der Waals surface area contributed by atoms with Crippen LogP contribution >= 0.6 is 0 Å². The molecule has 5 nitrogen and oxygen atoms in total. The van der Waals surface area contributed by atoms with Gasteiger partial charge in [0.05, 0.1) is 35.9 Å². The molecule has 29 heavy (non-hydrogen) atoms. The maximum atomic E-state index is 13.2. The molecule has 1 unspecified atom stereocenters. The van der Waals surface area contributed by atoms with Crippen LogP contribution in [0.1, 0.15) is 53.9 Å². The first-order chi connectivity index (χ1) is 14.0. The Kier molecular flexibility index (Phi) is 6.80. The summed E-state index contributed by atoms with van der Waals surface area (Å²) in [6, 6.07) is 11.7. The Labute approximate surface area is 170 Å². The van der Waals surface area contributed by atoms with Crippen molar-refractivity contribution in [3.63, 3.8) is 0 Å². The van der Waals surface area contributed by atoms with E-state index in [1.165, 1.54) is 12.1 Å². The highest BCUT2D eigenvalue weighted by molar-refractivity contribution is 5.63. The maximum absolute atomic E-state index is 13.2. The second kappa shape index (κ2) is 9.49. The largest absolute Gasteiger partial charge is 0.392 e. The third kappa shape index (κ3) is 5.10. The van der Waals surface area contributed by atoms with Crippen molar-refractivity contribution in [2.45, 2.75) is 38.8 Å². The molecule has 3 rings (SSSR count). The van der Waals surface area contributed by atoms with E-state index in [0.717, 1.165) is 28.1 Å². The molecule has 0 amide bonds. The lowest BCUT2D eigenvalue weighted by molar-refractivity contribution is 0.282. The van der Waals surface area contributed by atoms with Crippen LogP contribution in [0.15, 0.2) is 59.9 Å². The second-order valence-electron chi connectivity index (χ2n) is 6.99. The van der Waals surface area contributed by atoms with Crippen LogP contribution in [0.5, 0.6) is 0 Å². The molecule has 1 heterocycles. The Bertz CT molecular complexity index is 988. The van der Waals surface area contributed by atoms with Crippen molar-refractivity contribution in [2.75, 3.05) is 0 Å². The van der Waals surface area contributed by atoms with Crippen LogP contribution in [0.3, 0.4) is 0 Å². The third-order valence-electron chi connectivity index (χ3n) is 4.95. The van der Waals surface area contributed by atoms with Gasteiger partial charge in [-0.05, 0) is 41.8 Å². The van der Waals surface area contributed by atoms with Crippen molar-refractivity contribution in [1.29, 1.82) is 0 Å². The number of aliphatic imine (C=N–C) groups is 1. The van der Waals surface area contributed by atoms with Crippen LogP contribution in [0.4, 0.5) is 10.1 Å². The fraction of sp³-hybridized carbons (Fsp3) is 0.261. The highest BCUT2D eigenvalue weighted by Crippen LogP contribution is 2.28. The zero-order chi connectivity index (χ0) is 20.8. The van der Waals surface area contributed by atoms with Crippen molar-refractivity contribution in [1.82, 2.24) is 9.97 Å². The minimum Gasteiger partial charge on any atom is -0.392 e. The van der Waals surface area contributed by atoms with E-state index >= 15 is 0 Å². The first-order valence-electron chi connectivity index (χ1n) is 9.55. The number of hydrogen-bond donors (Lipinski definition) is 2. The summed E-state index contributed by atoms with van der Waals surface area (Å²) >= 11 is 0. The molecule has 0 saturated heterocycles. The molecule has 3 aromatic rings. The number of halogens is 1. The number of aromatic nitrogens is 2. The molecule has 0 radical (unpaired) electrons. The molecule has 0 aliphatic rings. The van der Waals surface area contributed by atoms with E-state index in [9.17, 15) is 9.50 Å². The van der Waals surface area contributed by atoms with Gasteiger partial charge in [-0.15, -0.1) is 0 Å². The van der Waals surface area contributed by atoms with Crippen LogP contribution < -0.4 is 5.73 Å². The average Bonchev–Trinajstić information content (AvgIpc) is 2.75. The minimum absolute atomic E-state index is 0.0298. The Hall–Kier alpha value is -2.96. The molecular formula is C23H25FN4O. The fourth-order valence-electron chi connectivity index (χ4n) is 3.21. The number of aliphatic hydroxyl groups excluding tert-OH is 1. The Balaban J connectivity index is 1.83. The highest BCUT2D eigenvalue weighted by Gasteiger charge is 2.19. The summed E-state index contributed by atoms with van der Waals surface area (Å²) in [6.45, 7) is 3.82. The molecule has 0 fully saturated rings. The Morgan fingerprint density at radius 3 is 2.62 bits per heavy atom. The molecule has 2 atom stereocenters. The molecule has 0 saturated carbocycles. The van der Waals surface area contributed by atoms with Crippen LogP contribution in [0.2, 0.25) is 0 Å². The van der Waals surface area contributed by atoms with E-state index in [-0.39, 0.29) is 24.4 Å². The van der Waals surface area contributed by atoms with Gasteiger partial charge >= 0.3 is 0 Å². The summed E-state index contributed by atoms with van der Waals surface area (Å²) in [5.74, 6) is -0.307. The number of hydrogen-bond acceptors (Lipinski definition) is 5. The molecule has 6 heteroatoms. The Morgan fingerprint density at radius 1 is 1.17 bits per heavy atom. The van der Waals surface area contributed by atoms with E-state index in [1.807, 2.05) is 32.0 Å². The van der Waals surface area contributed by atoms with E-state index in [1.54, 1.807) is 30.7 Å². The summed E-state index contributed by atoms with van der Waals surface area (Å²) in [5, 5.41) is 9.36. The summed E-state index contributed by atoms with van der Waals surface area (Å²) in [6.07, 6.45) is 5.67. The van der Waals surface area contributed by atoms with Gasteiger partial charge in [0.2, 0.25) is 0 Å². The van der Waals surface area contributed by atoms with Gasteiger partial charge < -0.3 is 10.8 Å². The van der Waals surface area contributed by atoms with E-state index in [2.05, 4.69) is 9.98 Å². The van der Waals surface area contributed by atoms with Crippen LogP contribution in [0, 0.1) is 5.82 Å². The van der Waals surface area contributed by atoms with Crippen molar-refractivity contribution in [3.05, 3.63) is 88.8 Å². The van der Waals surface area contributed by atoms with Gasteiger partial charge in [-0.1, -0.05) is 31.2 Å². The first kappa shape index (κ1) is 20.8. The summed E-state index contributed by atoms with van der Waals surface area (Å²) < 4.78 is 13.2. The van der Waals surface area contributed by atoms with E-state index < -0.39 is 0 Å². The SMILES string of the molecule is CC=Nc1cc(CO)ccc1Cc1cncc([C@H](N)C(C)c2ccc(F)cc2)n1. The first-order valence-corrected chi connectivity index (χ1v) is 9.55. The summed E-state index contributed by atoms with van der Waals surface area (Å²) in [5.41, 5.74) is 11.5. The van der Waals surface area contributed by atoms with Crippen LogP contribution in [0.25, 0.3) is 0 Å². The standard InChI is InChI=1S/C23H25FN4O/c1-3-27-21-10-16(14-29)4-5-18(21)11-20-12-26-13-22(28-20)23(25)15(2)17-6-8-19(24)9-7-17/h3-10,12-13,15,23,29H,11,14,25H2,1-2H3/t15?,23-/m1/s1. The monoisotopic (exact) mass is 392 g/mol. The van der Waals surface area contributed by atoms with Gasteiger partial charge in [0, 0.05) is 24.8 Å². The number of nitrogens with zero attached hydrogens (tertiary/aromatic N) is 3. The van der Waals surface area contributed by atoms with Crippen molar-refractivity contribution in [3.8, 4) is 0 Å². The van der Waals surface area contributed by atoms with Crippen molar-refractivity contribution >= 4 is 11.9 Å². The van der Waals surface area contributed by atoms with Gasteiger partial charge in [-0.3, -0.25) is 15.0 Å². The predicted octanol–water partition coefficient (Wildman–Crippen LogP) is 4.22. The molecule has 0 spiro atoms. The van der Waals surface area contributed by atoms with Crippen molar-refractivity contribution in [2.24, 2.45) is 10.7 Å². The molecule has 2 aromatic carbocycles. The van der Waals surface area contributed by atoms with Crippen LogP contribution in [-0.2, 0) is 13.0 Å². The van der Waals surface area contributed by atoms with E-state index in [4.69, 9.17) is 10.7 Å². The summed E-state index contributed by atoms with van der Waals surface area (Å²) in [4.78, 5) is 13.4. The fourth-order valence-corrected chi connectivity index (χ4v) is 3.21. The van der Waals surface area contributed by atoms with Gasteiger partial charge in [-0.25, -0.2) is 4.39 Å². The number of rotatable bonds is 7. The normalized spacial score (nSPS) is 13.6. The average molecular weight is 392 g/mol. The smallest absolute Gasteiger partial charge is 0.123 e. The number of nitrogens with two attached hydrogens (primary N) is 1. The van der Waals surface area contributed by atoms with Gasteiger partial charge in [0.15, 0.2) is 0 Å². The molecule has 3 N–H and O–H groups in total. The second-order valence-corrected chi connectivity index (χ2v) is 6.99. The zero-order valence-electron chi connectivity index (χ0n) is 16.6. The molecular weight excluding hydrogens is 367 g/mol. The predicted molar refractivity (Wildman–Crippen MR) is 113 cm³/mol. The maximum Gasteiger partial charge on any atom is 0.123 e. The van der Waals surface area contributed by atoms with Gasteiger partial charge in [0.1, 0.15) is 5.82 Å². The zero-order valence-corrected chi connectivity index (χ0v) is 16.6.